The zero-order chi connectivity index (χ0) is 14.1. The molecule has 0 aliphatic carbocycles. The second-order valence-electron chi connectivity index (χ2n) is 4.23. The van der Waals surface area contributed by atoms with Gasteiger partial charge in [-0.3, -0.25) is 9.59 Å². The summed E-state index contributed by atoms with van der Waals surface area (Å²) in [4.78, 5) is 24.1. The van der Waals surface area contributed by atoms with Gasteiger partial charge in [-0.1, -0.05) is 30.3 Å². The van der Waals surface area contributed by atoms with E-state index >= 15 is 0 Å². The number of aliphatic carboxylic acids is 1. The monoisotopic (exact) mass is 265 g/mol. The van der Waals surface area contributed by atoms with Crippen LogP contribution in [0.4, 0.5) is 0 Å². The smallest absolute Gasteiger partial charge is 0.323 e. The first-order valence-electron chi connectivity index (χ1n) is 6.16. The van der Waals surface area contributed by atoms with Crippen LogP contribution in [0.25, 0.3) is 0 Å². The van der Waals surface area contributed by atoms with E-state index < -0.39 is 5.97 Å². The highest BCUT2D eigenvalue weighted by Crippen LogP contribution is 2.07. The van der Waals surface area contributed by atoms with E-state index in [1.54, 1.807) is 7.11 Å². The third-order valence-corrected chi connectivity index (χ3v) is 2.63. The van der Waals surface area contributed by atoms with E-state index in [1.807, 2.05) is 30.3 Å². The first-order chi connectivity index (χ1) is 9.13. The Balaban J connectivity index is 2.60. The van der Waals surface area contributed by atoms with E-state index in [1.165, 1.54) is 4.90 Å². The Morgan fingerprint density at radius 2 is 1.95 bits per heavy atom. The largest absolute Gasteiger partial charge is 0.480 e. The van der Waals surface area contributed by atoms with Gasteiger partial charge < -0.3 is 14.7 Å². The molecule has 0 saturated carbocycles. The molecule has 0 atom stereocenters. The number of carboxylic acids is 1. The predicted octanol–water partition coefficient (Wildman–Crippen LogP) is 1.53. The van der Waals surface area contributed by atoms with Crippen molar-refractivity contribution in [1.29, 1.82) is 0 Å². The van der Waals surface area contributed by atoms with E-state index in [2.05, 4.69) is 0 Å². The predicted molar refractivity (Wildman–Crippen MR) is 70.6 cm³/mol. The minimum Gasteiger partial charge on any atom is -0.480 e. The number of benzene rings is 1. The first kappa shape index (κ1) is 15.2. The van der Waals surface area contributed by atoms with Gasteiger partial charge in [0.15, 0.2) is 0 Å². The Morgan fingerprint density at radius 3 is 2.53 bits per heavy atom. The number of hydrogen-bond donors (Lipinski definition) is 1. The summed E-state index contributed by atoms with van der Waals surface area (Å²) in [5.41, 5.74) is 0.920. The van der Waals surface area contributed by atoms with Crippen LogP contribution < -0.4 is 0 Å². The molecular formula is C14H19NO4. The Morgan fingerprint density at radius 1 is 1.26 bits per heavy atom. The molecule has 1 amide bonds. The Labute approximate surface area is 112 Å². The summed E-state index contributed by atoms with van der Waals surface area (Å²) in [6.07, 6.45) is 0.897. The summed E-state index contributed by atoms with van der Waals surface area (Å²) >= 11 is 0. The molecule has 0 spiro atoms. The Hall–Kier alpha value is -1.88. The van der Waals surface area contributed by atoms with E-state index in [0.717, 1.165) is 5.56 Å². The molecule has 104 valence electrons. The first-order valence-corrected chi connectivity index (χ1v) is 6.16. The minimum absolute atomic E-state index is 0.164. The SMILES string of the molecule is COCCCC(=O)N(CC(=O)O)Cc1ccccc1. The normalized spacial score (nSPS) is 10.2. The maximum Gasteiger partial charge on any atom is 0.323 e. The van der Waals surface area contributed by atoms with Crippen LogP contribution in [-0.4, -0.2) is 42.1 Å². The second kappa shape index (κ2) is 8.26. The van der Waals surface area contributed by atoms with Gasteiger partial charge in [-0.15, -0.1) is 0 Å². The van der Waals surface area contributed by atoms with Gasteiger partial charge in [-0.2, -0.15) is 0 Å². The molecule has 0 fully saturated rings. The number of methoxy groups -OCH3 is 1. The van der Waals surface area contributed by atoms with Crippen molar-refractivity contribution in [2.75, 3.05) is 20.3 Å². The van der Waals surface area contributed by atoms with Crippen LogP contribution >= 0.6 is 0 Å². The van der Waals surface area contributed by atoms with Crippen LogP contribution in [0.2, 0.25) is 0 Å². The number of rotatable bonds is 8. The Bertz CT molecular complexity index is 405. The number of carboxylic acid groups (broad SMARTS) is 1. The van der Waals surface area contributed by atoms with Gasteiger partial charge in [-0.25, -0.2) is 0 Å². The van der Waals surface area contributed by atoms with Crippen molar-refractivity contribution in [2.45, 2.75) is 19.4 Å². The molecule has 0 radical (unpaired) electrons. The van der Waals surface area contributed by atoms with Gasteiger partial charge in [0, 0.05) is 26.7 Å². The average molecular weight is 265 g/mol. The zero-order valence-electron chi connectivity index (χ0n) is 11.0. The number of carbonyl (C=O) groups excluding carboxylic acids is 1. The fourth-order valence-electron chi connectivity index (χ4n) is 1.73. The molecule has 0 aliphatic heterocycles. The number of hydrogen-bond acceptors (Lipinski definition) is 3. The van der Waals surface area contributed by atoms with Crippen LogP contribution in [0.15, 0.2) is 30.3 Å². The molecule has 0 saturated heterocycles. The van der Waals surface area contributed by atoms with Crippen molar-refractivity contribution in [3.63, 3.8) is 0 Å². The van der Waals surface area contributed by atoms with Gasteiger partial charge in [0.2, 0.25) is 5.91 Å². The lowest BCUT2D eigenvalue weighted by Crippen LogP contribution is -2.35. The summed E-state index contributed by atoms with van der Waals surface area (Å²) in [5, 5.41) is 8.86. The van der Waals surface area contributed by atoms with Crippen molar-refractivity contribution < 1.29 is 19.4 Å². The molecule has 1 N–H and O–H groups in total. The molecule has 1 aromatic carbocycles. The second-order valence-corrected chi connectivity index (χ2v) is 4.23. The molecule has 0 heterocycles. The molecule has 5 heteroatoms. The van der Waals surface area contributed by atoms with E-state index in [4.69, 9.17) is 9.84 Å². The van der Waals surface area contributed by atoms with Crippen LogP contribution in [0.1, 0.15) is 18.4 Å². The van der Waals surface area contributed by atoms with Gasteiger partial charge in [-0.05, 0) is 12.0 Å². The van der Waals surface area contributed by atoms with E-state index in [0.29, 0.717) is 26.0 Å². The van der Waals surface area contributed by atoms with Crippen molar-refractivity contribution in [3.8, 4) is 0 Å². The summed E-state index contributed by atoms with van der Waals surface area (Å²) in [7, 11) is 1.57. The topological polar surface area (TPSA) is 66.8 Å². The van der Waals surface area contributed by atoms with Crippen LogP contribution in [0.3, 0.4) is 0 Å². The molecule has 0 bridgehead atoms. The molecule has 19 heavy (non-hydrogen) atoms. The summed E-state index contributed by atoms with van der Waals surface area (Å²) < 4.78 is 4.88. The zero-order valence-corrected chi connectivity index (χ0v) is 11.0. The number of nitrogens with zero attached hydrogens (tertiary/aromatic N) is 1. The summed E-state index contributed by atoms with van der Waals surface area (Å²) in [5.74, 6) is -1.17. The average Bonchev–Trinajstić information content (AvgIpc) is 2.39. The van der Waals surface area contributed by atoms with Crippen molar-refractivity contribution in [1.82, 2.24) is 4.90 Å². The third kappa shape index (κ3) is 6.01. The highest BCUT2D eigenvalue weighted by molar-refractivity contribution is 5.81. The molecular weight excluding hydrogens is 246 g/mol. The molecule has 0 aromatic heterocycles. The van der Waals surface area contributed by atoms with Gasteiger partial charge in [0.25, 0.3) is 0 Å². The van der Waals surface area contributed by atoms with Crippen LogP contribution in [-0.2, 0) is 20.9 Å². The standard InChI is InChI=1S/C14H19NO4/c1-19-9-5-8-13(16)15(11-14(17)18)10-12-6-3-2-4-7-12/h2-4,6-7H,5,8-11H2,1H3,(H,17,18). The number of carbonyl (C=O) groups is 2. The van der Waals surface area contributed by atoms with E-state index in [-0.39, 0.29) is 12.5 Å². The lowest BCUT2D eigenvalue weighted by Gasteiger charge is -2.20. The fraction of sp³-hybridized carbons (Fsp3) is 0.429. The van der Waals surface area contributed by atoms with Crippen molar-refractivity contribution in [3.05, 3.63) is 35.9 Å². The molecule has 0 aliphatic rings. The fourth-order valence-corrected chi connectivity index (χ4v) is 1.73. The lowest BCUT2D eigenvalue weighted by atomic mass is 10.2. The summed E-state index contributed by atoms with van der Waals surface area (Å²) in [6, 6.07) is 9.35. The maximum absolute atomic E-state index is 12.0. The highest BCUT2D eigenvalue weighted by Gasteiger charge is 2.16. The molecule has 1 aromatic rings. The van der Waals surface area contributed by atoms with E-state index in [9.17, 15) is 9.59 Å². The number of amides is 1. The lowest BCUT2D eigenvalue weighted by molar-refractivity contribution is -0.145. The Kier molecular flexibility index (Phi) is 6.60. The van der Waals surface area contributed by atoms with Gasteiger partial charge in [0.1, 0.15) is 6.54 Å². The number of ether oxygens (including phenoxy) is 1. The summed E-state index contributed by atoms with van der Waals surface area (Å²) in [6.45, 7) is 0.539. The minimum atomic E-state index is -1.00. The third-order valence-electron chi connectivity index (χ3n) is 2.63. The van der Waals surface area contributed by atoms with Crippen LogP contribution in [0, 0.1) is 0 Å². The molecule has 0 unspecified atom stereocenters. The van der Waals surface area contributed by atoms with Crippen LogP contribution in [0.5, 0.6) is 0 Å². The van der Waals surface area contributed by atoms with Gasteiger partial charge >= 0.3 is 5.97 Å². The van der Waals surface area contributed by atoms with Crippen molar-refractivity contribution >= 4 is 11.9 Å². The van der Waals surface area contributed by atoms with Crippen molar-refractivity contribution in [2.24, 2.45) is 0 Å². The quantitative estimate of drug-likeness (QED) is 0.724. The van der Waals surface area contributed by atoms with Gasteiger partial charge in [0.05, 0.1) is 0 Å². The maximum atomic E-state index is 12.0. The molecule has 5 nitrogen and oxygen atoms in total. The molecule has 1 rings (SSSR count). The highest BCUT2D eigenvalue weighted by atomic mass is 16.5.